The maximum absolute atomic E-state index is 12.3. The SMILES string of the molecule is COC(=O)c1c(C)[nH]c(C(=O)NCc2ccccc2Cl)c1C. The summed E-state index contributed by atoms with van der Waals surface area (Å²) in [7, 11) is 1.31. The Labute approximate surface area is 133 Å². The van der Waals surface area contributed by atoms with E-state index < -0.39 is 5.97 Å². The molecule has 0 atom stereocenters. The van der Waals surface area contributed by atoms with Gasteiger partial charge in [0.05, 0.1) is 12.7 Å². The molecule has 1 heterocycles. The van der Waals surface area contributed by atoms with Crippen molar-refractivity contribution in [2.75, 3.05) is 7.11 Å². The van der Waals surface area contributed by atoms with Crippen molar-refractivity contribution in [1.82, 2.24) is 10.3 Å². The third-order valence-electron chi connectivity index (χ3n) is 3.45. The Morgan fingerprint density at radius 3 is 2.59 bits per heavy atom. The highest BCUT2D eigenvalue weighted by Crippen LogP contribution is 2.19. The molecule has 2 N–H and O–H groups in total. The molecule has 0 saturated carbocycles. The molecule has 116 valence electrons. The summed E-state index contributed by atoms with van der Waals surface area (Å²) in [6.07, 6.45) is 0. The number of hydrogen-bond acceptors (Lipinski definition) is 3. The van der Waals surface area contributed by atoms with E-state index in [0.29, 0.717) is 34.1 Å². The zero-order valence-corrected chi connectivity index (χ0v) is 13.4. The molecular weight excluding hydrogens is 304 g/mol. The maximum Gasteiger partial charge on any atom is 0.339 e. The molecule has 0 saturated heterocycles. The van der Waals surface area contributed by atoms with Crippen molar-refractivity contribution in [3.05, 3.63) is 57.4 Å². The number of benzene rings is 1. The minimum atomic E-state index is -0.462. The molecule has 0 bridgehead atoms. The van der Waals surface area contributed by atoms with E-state index in [-0.39, 0.29) is 5.91 Å². The van der Waals surface area contributed by atoms with Crippen LogP contribution in [0.2, 0.25) is 5.02 Å². The summed E-state index contributed by atoms with van der Waals surface area (Å²) in [6.45, 7) is 3.74. The summed E-state index contributed by atoms with van der Waals surface area (Å²) in [5.74, 6) is -0.757. The number of halogens is 1. The standard InChI is InChI=1S/C16H17ClN2O3/c1-9-13(16(21)22-3)10(2)19-14(9)15(20)18-8-11-6-4-5-7-12(11)17/h4-7,19H,8H2,1-3H3,(H,18,20). The Balaban J connectivity index is 2.17. The molecule has 5 nitrogen and oxygen atoms in total. The first-order valence-electron chi connectivity index (χ1n) is 6.74. The first kappa shape index (κ1) is 16.1. The Hall–Kier alpha value is -2.27. The molecule has 0 aliphatic carbocycles. The second-order valence-electron chi connectivity index (χ2n) is 4.89. The number of methoxy groups -OCH3 is 1. The van der Waals surface area contributed by atoms with Crippen LogP contribution in [-0.4, -0.2) is 24.0 Å². The molecule has 22 heavy (non-hydrogen) atoms. The predicted molar refractivity (Wildman–Crippen MR) is 84.2 cm³/mol. The topological polar surface area (TPSA) is 71.2 Å². The van der Waals surface area contributed by atoms with Crippen molar-refractivity contribution < 1.29 is 14.3 Å². The molecule has 1 aromatic carbocycles. The summed E-state index contributed by atoms with van der Waals surface area (Å²) >= 11 is 6.05. The van der Waals surface area contributed by atoms with Crippen LogP contribution in [-0.2, 0) is 11.3 Å². The number of ether oxygens (including phenoxy) is 1. The Kier molecular flexibility index (Phi) is 4.88. The number of H-pyrrole nitrogens is 1. The van der Waals surface area contributed by atoms with Crippen molar-refractivity contribution in [3.63, 3.8) is 0 Å². The summed E-state index contributed by atoms with van der Waals surface area (Å²) in [4.78, 5) is 26.9. The number of hydrogen-bond donors (Lipinski definition) is 2. The van der Waals surface area contributed by atoms with Gasteiger partial charge in [-0.2, -0.15) is 0 Å². The first-order valence-corrected chi connectivity index (χ1v) is 7.12. The Morgan fingerprint density at radius 1 is 1.27 bits per heavy atom. The van der Waals surface area contributed by atoms with E-state index >= 15 is 0 Å². The van der Waals surface area contributed by atoms with Gasteiger partial charge in [-0.05, 0) is 31.0 Å². The van der Waals surface area contributed by atoms with Crippen LogP contribution in [0.3, 0.4) is 0 Å². The van der Waals surface area contributed by atoms with Gasteiger partial charge >= 0.3 is 5.97 Å². The minimum absolute atomic E-state index is 0.296. The van der Waals surface area contributed by atoms with E-state index in [4.69, 9.17) is 16.3 Å². The van der Waals surface area contributed by atoms with E-state index in [2.05, 4.69) is 10.3 Å². The van der Waals surface area contributed by atoms with Crippen LogP contribution in [0.5, 0.6) is 0 Å². The van der Waals surface area contributed by atoms with E-state index in [1.807, 2.05) is 18.2 Å². The van der Waals surface area contributed by atoms with Crippen LogP contribution < -0.4 is 5.32 Å². The van der Waals surface area contributed by atoms with Gasteiger partial charge in [-0.3, -0.25) is 4.79 Å². The summed E-state index contributed by atoms with van der Waals surface area (Å²) < 4.78 is 4.73. The number of aryl methyl sites for hydroxylation is 1. The molecule has 2 rings (SSSR count). The normalized spacial score (nSPS) is 10.4. The smallest absolute Gasteiger partial charge is 0.339 e. The monoisotopic (exact) mass is 320 g/mol. The molecule has 0 fully saturated rings. The van der Waals surface area contributed by atoms with Crippen molar-refractivity contribution in [1.29, 1.82) is 0 Å². The number of nitrogens with one attached hydrogen (secondary N) is 2. The average molecular weight is 321 g/mol. The quantitative estimate of drug-likeness (QED) is 0.851. The largest absolute Gasteiger partial charge is 0.465 e. The number of rotatable bonds is 4. The molecule has 0 unspecified atom stereocenters. The highest BCUT2D eigenvalue weighted by atomic mass is 35.5. The molecule has 0 aliphatic heterocycles. The maximum atomic E-state index is 12.3. The number of aromatic amines is 1. The molecule has 0 aliphatic rings. The summed E-state index contributed by atoms with van der Waals surface area (Å²) in [5.41, 5.74) is 2.75. The van der Waals surface area contributed by atoms with Gasteiger partial charge in [0.1, 0.15) is 5.69 Å². The molecule has 6 heteroatoms. The lowest BCUT2D eigenvalue weighted by Crippen LogP contribution is -2.24. The number of aromatic nitrogens is 1. The van der Waals surface area contributed by atoms with E-state index in [1.54, 1.807) is 19.9 Å². The second kappa shape index (κ2) is 6.66. The minimum Gasteiger partial charge on any atom is -0.465 e. The lowest BCUT2D eigenvalue weighted by atomic mass is 10.1. The number of amides is 1. The zero-order valence-electron chi connectivity index (χ0n) is 12.6. The van der Waals surface area contributed by atoms with Gasteiger partial charge in [0.25, 0.3) is 5.91 Å². The van der Waals surface area contributed by atoms with Crippen molar-refractivity contribution in [2.45, 2.75) is 20.4 Å². The fourth-order valence-electron chi connectivity index (χ4n) is 2.29. The Morgan fingerprint density at radius 2 is 1.95 bits per heavy atom. The highest BCUT2D eigenvalue weighted by Gasteiger charge is 2.22. The van der Waals surface area contributed by atoms with Crippen molar-refractivity contribution >= 4 is 23.5 Å². The van der Waals surface area contributed by atoms with Crippen molar-refractivity contribution in [3.8, 4) is 0 Å². The fraction of sp³-hybridized carbons (Fsp3) is 0.250. The lowest BCUT2D eigenvalue weighted by molar-refractivity contribution is 0.0599. The van der Waals surface area contributed by atoms with Gasteiger partial charge in [0.2, 0.25) is 0 Å². The highest BCUT2D eigenvalue weighted by molar-refractivity contribution is 6.31. The van der Waals surface area contributed by atoms with E-state index in [0.717, 1.165) is 5.56 Å². The van der Waals surface area contributed by atoms with Crippen molar-refractivity contribution in [2.24, 2.45) is 0 Å². The van der Waals surface area contributed by atoms with Gasteiger partial charge in [-0.1, -0.05) is 29.8 Å². The summed E-state index contributed by atoms with van der Waals surface area (Å²) in [5, 5.41) is 3.38. The van der Waals surface area contributed by atoms with Crippen LogP contribution in [0.4, 0.5) is 0 Å². The number of esters is 1. The van der Waals surface area contributed by atoms with E-state index in [1.165, 1.54) is 7.11 Å². The fourth-order valence-corrected chi connectivity index (χ4v) is 2.49. The molecule has 0 spiro atoms. The zero-order chi connectivity index (χ0) is 16.3. The van der Waals surface area contributed by atoms with Crippen LogP contribution in [0.1, 0.15) is 37.7 Å². The number of carbonyl (C=O) groups excluding carboxylic acids is 2. The van der Waals surface area contributed by atoms with Gasteiger partial charge in [0, 0.05) is 17.3 Å². The molecule has 1 aromatic heterocycles. The van der Waals surface area contributed by atoms with Gasteiger partial charge in [-0.25, -0.2) is 4.79 Å². The van der Waals surface area contributed by atoms with E-state index in [9.17, 15) is 9.59 Å². The van der Waals surface area contributed by atoms with Crippen LogP contribution in [0, 0.1) is 13.8 Å². The van der Waals surface area contributed by atoms with Crippen LogP contribution >= 0.6 is 11.6 Å². The Bertz CT molecular complexity index is 722. The molecule has 0 radical (unpaired) electrons. The molecule has 2 aromatic rings. The third-order valence-corrected chi connectivity index (χ3v) is 3.82. The first-order chi connectivity index (χ1) is 10.5. The lowest BCUT2D eigenvalue weighted by Gasteiger charge is -2.06. The number of carbonyl (C=O) groups is 2. The van der Waals surface area contributed by atoms with Crippen LogP contribution in [0.15, 0.2) is 24.3 Å². The molecular formula is C16H17ClN2O3. The van der Waals surface area contributed by atoms with Gasteiger partial charge in [0.15, 0.2) is 0 Å². The molecule has 1 amide bonds. The van der Waals surface area contributed by atoms with Gasteiger partial charge < -0.3 is 15.0 Å². The second-order valence-corrected chi connectivity index (χ2v) is 5.30. The third kappa shape index (κ3) is 3.14. The summed E-state index contributed by atoms with van der Waals surface area (Å²) in [6, 6.07) is 7.29. The van der Waals surface area contributed by atoms with Crippen LogP contribution in [0.25, 0.3) is 0 Å². The average Bonchev–Trinajstić information content (AvgIpc) is 2.80. The van der Waals surface area contributed by atoms with Gasteiger partial charge in [-0.15, -0.1) is 0 Å². The predicted octanol–water partition coefficient (Wildman–Crippen LogP) is 3.00.